The molecule has 1 unspecified atom stereocenters. The summed E-state index contributed by atoms with van der Waals surface area (Å²) in [5.41, 5.74) is 0. The summed E-state index contributed by atoms with van der Waals surface area (Å²) in [6, 6.07) is 0.403. The summed E-state index contributed by atoms with van der Waals surface area (Å²) >= 11 is 0. The van der Waals surface area contributed by atoms with Crippen molar-refractivity contribution < 1.29 is 4.79 Å². The van der Waals surface area contributed by atoms with Gasteiger partial charge in [-0.15, -0.1) is 0 Å². The summed E-state index contributed by atoms with van der Waals surface area (Å²) in [4.78, 5) is 13.2. The van der Waals surface area contributed by atoms with Crippen molar-refractivity contribution in [1.29, 1.82) is 0 Å². The smallest absolute Gasteiger partial charge is 0.238 e. The van der Waals surface area contributed by atoms with E-state index in [4.69, 9.17) is 0 Å². The fraction of sp³-hybridized carbons (Fsp3) is 0.909. The Hall–Kier alpha value is -0.570. The van der Waals surface area contributed by atoms with Gasteiger partial charge < -0.3 is 10.2 Å². The molecule has 1 N–H and O–H groups in total. The van der Waals surface area contributed by atoms with Crippen LogP contribution in [0.5, 0.6) is 0 Å². The van der Waals surface area contributed by atoms with E-state index < -0.39 is 0 Å². The Kier molecular flexibility index (Phi) is 6.54. The second-order valence-electron chi connectivity index (χ2n) is 4.01. The molecule has 0 aliphatic carbocycles. The van der Waals surface area contributed by atoms with Crippen LogP contribution < -0.4 is 5.32 Å². The fourth-order valence-electron chi connectivity index (χ4n) is 1.57. The molecule has 0 aliphatic heterocycles. The first-order chi connectivity index (χ1) is 6.52. The highest BCUT2D eigenvalue weighted by Crippen LogP contribution is 2.03. The van der Waals surface area contributed by atoms with Crippen molar-refractivity contribution in [2.24, 2.45) is 0 Å². The number of hydrogen-bond acceptors (Lipinski definition) is 2. The van der Waals surface area contributed by atoms with Gasteiger partial charge in [0, 0.05) is 20.1 Å². The molecule has 2 atom stereocenters. The molecule has 0 saturated heterocycles. The molecular weight excluding hydrogens is 176 g/mol. The zero-order valence-electron chi connectivity index (χ0n) is 10.1. The highest BCUT2D eigenvalue weighted by molar-refractivity contribution is 5.80. The Labute approximate surface area is 87.9 Å². The maximum absolute atomic E-state index is 11.6. The van der Waals surface area contributed by atoms with Gasteiger partial charge in [-0.25, -0.2) is 0 Å². The summed E-state index contributed by atoms with van der Waals surface area (Å²) in [5.74, 6) is 0.152. The Balaban J connectivity index is 4.01. The number of hydrogen-bond donors (Lipinski definition) is 1. The average molecular weight is 200 g/mol. The standard InChI is InChI=1S/C11H24N2O/c1-6-8-10(7-2)12-9(3)11(14)13(4)5/h9-10,12H,6-8H2,1-5H3/t9-,10?/m1/s1. The van der Waals surface area contributed by atoms with Crippen molar-refractivity contribution in [3.63, 3.8) is 0 Å². The summed E-state index contributed by atoms with van der Waals surface area (Å²) in [6.07, 6.45) is 3.38. The molecule has 0 radical (unpaired) electrons. The van der Waals surface area contributed by atoms with Crippen molar-refractivity contribution in [2.45, 2.75) is 52.1 Å². The molecule has 1 amide bonds. The molecule has 0 fully saturated rings. The van der Waals surface area contributed by atoms with Gasteiger partial charge in [-0.1, -0.05) is 20.3 Å². The Morgan fingerprint density at radius 1 is 1.36 bits per heavy atom. The number of nitrogens with zero attached hydrogens (tertiary/aromatic N) is 1. The molecule has 84 valence electrons. The molecule has 3 nitrogen and oxygen atoms in total. The average Bonchev–Trinajstić information content (AvgIpc) is 2.15. The Morgan fingerprint density at radius 2 is 1.93 bits per heavy atom. The molecular formula is C11H24N2O. The van der Waals surface area contributed by atoms with Gasteiger partial charge in [0.1, 0.15) is 0 Å². The molecule has 0 aromatic rings. The van der Waals surface area contributed by atoms with Crippen LogP contribution >= 0.6 is 0 Å². The van der Waals surface area contributed by atoms with Crippen LogP contribution in [0.2, 0.25) is 0 Å². The highest BCUT2D eigenvalue weighted by Gasteiger charge is 2.17. The van der Waals surface area contributed by atoms with Gasteiger partial charge in [-0.3, -0.25) is 4.79 Å². The lowest BCUT2D eigenvalue weighted by Crippen LogP contribution is -2.45. The number of carbonyl (C=O) groups is 1. The maximum atomic E-state index is 11.6. The zero-order valence-corrected chi connectivity index (χ0v) is 10.1. The lowest BCUT2D eigenvalue weighted by molar-refractivity contribution is -0.130. The minimum atomic E-state index is -0.0681. The molecule has 14 heavy (non-hydrogen) atoms. The van der Waals surface area contributed by atoms with Crippen LogP contribution in [0.3, 0.4) is 0 Å². The molecule has 0 spiro atoms. The van der Waals surface area contributed by atoms with Crippen LogP contribution in [0, 0.1) is 0 Å². The molecule has 0 bridgehead atoms. The lowest BCUT2D eigenvalue weighted by Gasteiger charge is -2.23. The van der Waals surface area contributed by atoms with Gasteiger partial charge >= 0.3 is 0 Å². The third-order valence-corrected chi connectivity index (χ3v) is 2.43. The van der Waals surface area contributed by atoms with Gasteiger partial charge in [0.15, 0.2) is 0 Å². The summed E-state index contributed by atoms with van der Waals surface area (Å²) in [7, 11) is 3.59. The topological polar surface area (TPSA) is 32.3 Å². The van der Waals surface area contributed by atoms with E-state index in [1.807, 2.05) is 6.92 Å². The lowest BCUT2D eigenvalue weighted by atomic mass is 10.1. The third kappa shape index (κ3) is 4.61. The predicted molar refractivity (Wildman–Crippen MR) is 60.3 cm³/mol. The fourth-order valence-corrected chi connectivity index (χ4v) is 1.57. The first-order valence-corrected chi connectivity index (χ1v) is 5.50. The van der Waals surface area contributed by atoms with E-state index >= 15 is 0 Å². The number of carbonyl (C=O) groups excluding carboxylic acids is 1. The first-order valence-electron chi connectivity index (χ1n) is 5.50. The largest absolute Gasteiger partial charge is 0.347 e. The molecule has 3 heteroatoms. The third-order valence-electron chi connectivity index (χ3n) is 2.43. The minimum Gasteiger partial charge on any atom is -0.347 e. The number of likely N-dealkylation sites (N-methyl/N-ethyl adjacent to an activating group) is 1. The maximum Gasteiger partial charge on any atom is 0.238 e. The van der Waals surface area contributed by atoms with E-state index in [0.717, 1.165) is 19.3 Å². The number of rotatable bonds is 6. The van der Waals surface area contributed by atoms with E-state index in [9.17, 15) is 4.79 Å². The van der Waals surface area contributed by atoms with Gasteiger partial charge in [0.25, 0.3) is 0 Å². The molecule has 0 heterocycles. The molecule has 0 aromatic carbocycles. The molecule has 0 rings (SSSR count). The second-order valence-corrected chi connectivity index (χ2v) is 4.01. The number of amides is 1. The normalized spacial score (nSPS) is 14.9. The Bertz CT molecular complexity index is 169. The van der Waals surface area contributed by atoms with Gasteiger partial charge in [0.05, 0.1) is 6.04 Å². The van der Waals surface area contributed by atoms with E-state index in [2.05, 4.69) is 19.2 Å². The summed E-state index contributed by atoms with van der Waals surface area (Å²) < 4.78 is 0. The van der Waals surface area contributed by atoms with Crippen molar-refractivity contribution in [3.05, 3.63) is 0 Å². The SMILES string of the molecule is CCCC(CC)N[C@H](C)C(=O)N(C)C. The van der Waals surface area contributed by atoms with Crippen molar-refractivity contribution in [1.82, 2.24) is 10.2 Å². The van der Waals surface area contributed by atoms with Crippen molar-refractivity contribution in [2.75, 3.05) is 14.1 Å². The van der Waals surface area contributed by atoms with Crippen LogP contribution in [0.15, 0.2) is 0 Å². The first kappa shape index (κ1) is 13.4. The van der Waals surface area contributed by atoms with Crippen molar-refractivity contribution >= 4 is 5.91 Å². The van der Waals surface area contributed by atoms with Gasteiger partial charge in [-0.2, -0.15) is 0 Å². The van der Waals surface area contributed by atoms with Crippen molar-refractivity contribution in [3.8, 4) is 0 Å². The quantitative estimate of drug-likeness (QED) is 0.707. The van der Waals surface area contributed by atoms with E-state index in [-0.39, 0.29) is 11.9 Å². The van der Waals surface area contributed by atoms with Crippen LogP contribution in [0.25, 0.3) is 0 Å². The van der Waals surface area contributed by atoms with Gasteiger partial charge in [0.2, 0.25) is 5.91 Å². The van der Waals surface area contributed by atoms with Crippen LogP contribution in [-0.4, -0.2) is 37.0 Å². The minimum absolute atomic E-state index is 0.0681. The van der Waals surface area contributed by atoms with Crippen LogP contribution in [0.4, 0.5) is 0 Å². The van der Waals surface area contributed by atoms with Gasteiger partial charge in [-0.05, 0) is 19.8 Å². The Morgan fingerprint density at radius 3 is 2.29 bits per heavy atom. The highest BCUT2D eigenvalue weighted by atomic mass is 16.2. The monoisotopic (exact) mass is 200 g/mol. The molecule has 0 saturated carbocycles. The second kappa shape index (κ2) is 6.82. The summed E-state index contributed by atoms with van der Waals surface area (Å²) in [5, 5.41) is 3.36. The van der Waals surface area contributed by atoms with Crippen LogP contribution in [-0.2, 0) is 4.79 Å². The van der Waals surface area contributed by atoms with E-state index in [1.165, 1.54) is 0 Å². The predicted octanol–water partition coefficient (Wildman–Crippen LogP) is 1.63. The van der Waals surface area contributed by atoms with Crippen LogP contribution in [0.1, 0.15) is 40.0 Å². The molecule has 0 aliphatic rings. The molecule has 0 aromatic heterocycles. The van der Waals surface area contributed by atoms with E-state index in [1.54, 1.807) is 19.0 Å². The number of nitrogens with one attached hydrogen (secondary N) is 1. The zero-order chi connectivity index (χ0) is 11.1. The summed E-state index contributed by atoms with van der Waals surface area (Å²) in [6.45, 7) is 6.25. The van der Waals surface area contributed by atoms with E-state index in [0.29, 0.717) is 6.04 Å².